The molecule has 6 rings (SSSR count). The summed E-state index contributed by atoms with van der Waals surface area (Å²) >= 11 is 0. The van der Waals surface area contributed by atoms with E-state index in [1.165, 1.54) is 77.9 Å². The Balaban J connectivity index is 2.17. The summed E-state index contributed by atoms with van der Waals surface area (Å²) in [4.78, 5) is 0. The Bertz CT molecular complexity index is 2580. The van der Waals surface area contributed by atoms with Crippen LogP contribution in [-0.4, -0.2) is 0 Å². The molecule has 0 amide bonds. The lowest BCUT2D eigenvalue weighted by Gasteiger charge is -2.57. The average Bonchev–Trinajstić information content (AvgIpc) is 3.24. The van der Waals surface area contributed by atoms with Crippen molar-refractivity contribution in [2.24, 2.45) is 0 Å². The first-order valence-corrected chi connectivity index (χ1v) is 26.8. The van der Waals surface area contributed by atoms with Crippen LogP contribution in [0.4, 0.5) is 0 Å². The fourth-order valence-electron chi connectivity index (χ4n) is 11.5. The van der Waals surface area contributed by atoms with Crippen molar-refractivity contribution >= 4 is 0 Å². The molecule has 0 saturated heterocycles. The minimum absolute atomic E-state index is 0.0207. The second-order valence-electron chi connectivity index (χ2n) is 29.6. The number of rotatable bonds is 8. The van der Waals surface area contributed by atoms with Crippen molar-refractivity contribution in [2.75, 3.05) is 0 Å². The Morgan fingerprint density at radius 2 is 0.507 bits per heavy atom. The van der Waals surface area contributed by atoms with Gasteiger partial charge in [0.15, 0.2) is 0 Å². The summed E-state index contributed by atoms with van der Waals surface area (Å²) in [5.74, 6) is 0. The molecular formula is C71H94. The third-order valence-corrected chi connectivity index (χ3v) is 15.6. The van der Waals surface area contributed by atoms with Gasteiger partial charge in [-0.1, -0.05) is 287 Å². The fourth-order valence-corrected chi connectivity index (χ4v) is 11.5. The van der Waals surface area contributed by atoms with Crippen LogP contribution in [0.15, 0.2) is 121 Å². The Kier molecular flexibility index (Phi) is 14.6. The van der Waals surface area contributed by atoms with Gasteiger partial charge in [0, 0.05) is 5.41 Å². The zero-order chi connectivity index (χ0) is 53.3. The lowest BCUT2D eigenvalue weighted by molar-refractivity contribution is 0.333. The molecule has 0 atom stereocenters. The summed E-state index contributed by atoms with van der Waals surface area (Å²) < 4.78 is 0. The molecule has 0 saturated carbocycles. The minimum atomic E-state index is -0.884. The fraction of sp³-hybridized carbons (Fsp3) is 0.493. The first kappa shape index (κ1) is 55.6. The van der Waals surface area contributed by atoms with E-state index in [1.54, 1.807) is 0 Å². The van der Waals surface area contributed by atoms with Gasteiger partial charge in [-0.15, -0.1) is 0 Å². The van der Waals surface area contributed by atoms with Gasteiger partial charge in [0.05, 0.1) is 5.41 Å². The van der Waals surface area contributed by atoms with Gasteiger partial charge in [0.25, 0.3) is 0 Å². The summed E-state index contributed by atoms with van der Waals surface area (Å²) in [7, 11) is 0. The Hall–Kier alpha value is -4.68. The zero-order valence-electron chi connectivity index (χ0n) is 49.3. The topological polar surface area (TPSA) is 0 Å². The third-order valence-electron chi connectivity index (χ3n) is 15.6. The highest BCUT2D eigenvalue weighted by molar-refractivity contribution is 5.70. The second kappa shape index (κ2) is 18.7. The summed E-state index contributed by atoms with van der Waals surface area (Å²) in [6, 6.07) is 55.9. The van der Waals surface area contributed by atoms with Gasteiger partial charge in [-0.05, 0) is 140 Å². The SMILES string of the molecule is CC(C)(C)c1ccc(CC(c2cc[c]cc2)(c2cc[c]cc2)C(c2ccc(C(C)(C)C)cc2C(C)(C)C)(c2ccc(C(C)(C)C)cc2C(C)(C)C)c2ccc(C(C)(C)C)cc2C(C)(C)C)c(C(C)(C)C)c1. The Morgan fingerprint density at radius 1 is 0.254 bits per heavy atom. The van der Waals surface area contributed by atoms with E-state index in [4.69, 9.17) is 0 Å². The molecule has 378 valence electrons. The summed E-state index contributed by atoms with van der Waals surface area (Å²) in [6.45, 7) is 57.6. The quantitative estimate of drug-likeness (QED) is 0.133. The van der Waals surface area contributed by atoms with Crippen molar-refractivity contribution in [1.82, 2.24) is 0 Å². The number of hydrogen-bond donors (Lipinski definition) is 0. The molecule has 0 heteroatoms. The van der Waals surface area contributed by atoms with E-state index < -0.39 is 10.8 Å². The van der Waals surface area contributed by atoms with Crippen molar-refractivity contribution in [3.05, 3.63) is 211 Å². The molecule has 2 radical (unpaired) electrons. The van der Waals surface area contributed by atoms with E-state index in [0.717, 1.165) is 6.42 Å². The van der Waals surface area contributed by atoms with Crippen LogP contribution in [0.25, 0.3) is 0 Å². The Labute approximate surface area is 435 Å². The average molecular weight is 948 g/mol. The largest absolute Gasteiger partial charge is 0.0600 e. The van der Waals surface area contributed by atoms with Crippen molar-refractivity contribution in [1.29, 1.82) is 0 Å². The summed E-state index contributed by atoms with van der Waals surface area (Å²) in [6.07, 6.45) is 0.720. The predicted molar refractivity (Wildman–Crippen MR) is 310 cm³/mol. The van der Waals surface area contributed by atoms with Crippen LogP contribution >= 0.6 is 0 Å². The van der Waals surface area contributed by atoms with Crippen molar-refractivity contribution in [3.8, 4) is 0 Å². The van der Waals surface area contributed by atoms with Crippen LogP contribution in [0.3, 0.4) is 0 Å². The first-order chi connectivity index (χ1) is 32.3. The highest BCUT2D eigenvalue weighted by Crippen LogP contribution is 2.63. The van der Waals surface area contributed by atoms with Gasteiger partial charge in [-0.2, -0.15) is 0 Å². The third kappa shape index (κ3) is 10.9. The van der Waals surface area contributed by atoms with E-state index in [1.807, 2.05) is 0 Å². The van der Waals surface area contributed by atoms with E-state index in [0.29, 0.717) is 0 Å². The van der Waals surface area contributed by atoms with E-state index in [2.05, 4.69) is 300 Å². The van der Waals surface area contributed by atoms with E-state index in [9.17, 15) is 0 Å². The maximum absolute atomic E-state index is 3.52. The monoisotopic (exact) mass is 947 g/mol. The van der Waals surface area contributed by atoms with Crippen LogP contribution in [0.2, 0.25) is 0 Å². The van der Waals surface area contributed by atoms with Gasteiger partial charge < -0.3 is 0 Å². The van der Waals surface area contributed by atoms with Gasteiger partial charge in [0.1, 0.15) is 0 Å². The molecular weight excluding hydrogens is 853 g/mol. The maximum Gasteiger partial charge on any atom is 0.0600 e. The molecule has 0 spiro atoms. The summed E-state index contributed by atoms with van der Waals surface area (Å²) in [5.41, 5.74) is 16.0. The van der Waals surface area contributed by atoms with Crippen LogP contribution in [0.5, 0.6) is 0 Å². The number of benzene rings is 6. The van der Waals surface area contributed by atoms with E-state index >= 15 is 0 Å². The zero-order valence-corrected chi connectivity index (χ0v) is 49.3. The highest BCUT2D eigenvalue weighted by atomic mass is 14.6. The molecule has 6 aromatic carbocycles. The lowest BCUT2D eigenvalue weighted by Crippen LogP contribution is -2.56. The molecule has 0 aliphatic carbocycles. The summed E-state index contributed by atoms with van der Waals surface area (Å²) in [5, 5.41) is 0. The standard InChI is InChI=1S/C71H94/c1-62(2,3)51-36-35-48(58(43-51)66(13,14)15)47-70(49-31-27-25-28-32-49,50-33-29-26-30-34-50)71(55-40-37-52(63(4,5)6)44-59(55)67(16,17)18,56-41-38-53(64(7,8)9)45-60(56)68(19,20)21)57-42-39-54(65(10,11)12)46-61(57)69(22,23)24/h27-46H,47H2,1-24H3. The second-order valence-corrected chi connectivity index (χ2v) is 29.6. The van der Waals surface area contributed by atoms with Crippen molar-refractivity contribution < 1.29 is 0 Å². The molecule has 0 aliphatic rings. The maximum atomic E-state index is 3.52. The van der Waals surface area contributed by atoms with Gasteiger partial charge >= 0.3 is 0 Å². The van der Waals surface area contributed by atoms with Gasteiger partial charge in [0.2, 0.25) is 0 Å². The molecule has 0 N–H and O–H groups in total. The van der Waals surface area contributed by atoms with Gasteiger partial charge in [-0.25, -0.2) is 0 Å². The molecule has 0 nitrogen and oxygen atoms in total. The lowest BCUT2D eigenvalue weighted by atomic mass is 9.44. The van der Waals surface area contributed by atoms with Crippen LogP contribution in [0, 0.1) is 12.1 Å². The first-order valence-electron chi connectivity index (χ1n) is 26.8. The molecule has 0 heterocycles. The Morgan fingerprint density at radius 3 is 0.761 bits per heavy atom. The van der Waals surface area contributed by atoms with Crippen LogP contribution in [0.1, 0.15) is 244 Å². The minimum Gasteiger partial charge on any atom is -0.0584 e. The molecule has 0 unspecified atom stereocenters. The van der Waals surface area contributed by atoms with E-state index in [-0.39, 0.29) is 43.3 Å². The van der Waals surface area contributed by atoms with Crippen LogP contribution < -0.4 is 0 Å². The molecule has 0 fully saturated rings. The molecule has 71 heavy (non-hydrogen) atoms. The van der Waals surface area contributed by atoms with Gasteiger partial charge in [-0.3, -0.25) is 0 Å². The van der Waals surface area contributed by atoms with Crippen molar-refractivity contribution in [2.45, 2.75) is 227 Å². The smallest absolute Gasteiger partial charge is 0.0584 e. The molecule has 0 aromatic heterocycles. The molecule has 6 aromatic rings. The highest BCUT2D eigenvalue weighted by Gasteiger charge is 2.60. The predicted octanol–water partition coefficient (Wildman–Crippen LogP) is 19.2. The van der Waals surface area contributed by atoms with Crippen molar-refractivity contribution in [3.63, 3.8) is 0 Å². The normalized spacial score (nSPS) is 14.0. The molecule has 0 aliphatic heterocycles. The number of hydrogen-bond acceptors (Lipinski definition) is 0. The van der Waals surface area contributed by atoms with Crippen LogP contribution in [-0.2, 0) is 60.6 Å². The molecule has 0 bridgehead atoms.